The molecule has 0 aliphatic heterocycles. The summed E-state index contributed by atoms with van der Waals surface area (Å²) in [7, 11) is 0. The maximum Gasteiger partial charge on any atom is 0.0406 e. The fourth-order valence-electron chi connectivity index (χ4n) is 6.10. The zero-order valence-corrected chi connectivity index (χ0v) is 25.2. The third-order valence-corrected chi connectivity index (χ3v) is 8.47. The highest BCUT2D eigenvalue weighted by atomic mass is 35.5. The van der Waals surface area contributed by atoms with Gasteiger partial charge in [-0.2, -0.15) is 0 Å². The second-order valence-electron chi connectivity index (χ2n) is 13.2. The molecule has 0 atom stereocenters. The van der Waals surface area contributed by atoms with Crippen molar-refractivity contribution in [2.45, 2.75) is 58.8 Å². The van der Waals surface area contributed by atoms with E-state index in [9.17, 15) is 0 Å². The van der Waals surface area contributed by atoms with Crippen LogP contribution in [-0.4, -0.2) is 0 Å². The van der Waals surface area contributed by atoms with E-state index in [0.29, 0.717) is 0 Å². The molecule has 1 heteroatoms. The molecule has 2 aliphatic carbocycles. The number of fused-ring (bicyclic) bond motifs is 2. The molecular weight excluding hydrogens is 504 g/mol. The Morgan fingerprint density at radius 1 is 0.725 bits per heavy atom. The van der Waals surface area contributed by atoms with Crippen LogP contribution in [0.3, 0.4) is 0 Å². The summed E-state index contributed by atoms with van der Waals surface area (Å²) in [5, 5.41) is 6.08. The van der Waals surface area contributed by atoms with Crippen molar-refractivity contribution in [2.24, 2.45) is 0 Å². The maximum absolute atomic E-state index is 6.39. The van der Waals surface area contributed by atoms with Gasteiger partial charge in [0.1, 0.15) is 0 Å². The predicted octanol–water partition coefficient (Wildman–Crippen LogP) is 8.95. The van der Waals surface area contributed by atoms with E-state index in [-0.39, 0.29) is 10.8 Å². The average Bonchev–Trinajstić information content (AvgIpc) is 3.57. The Morgan fingerprint density at radius 3 is 2.05 bits per heavy atom. The highest BCUT2D eigenvalue weighted by molar-refractivity contribution is 6.30. The molecule has 0 saturated heterocycles. The van der Waals surface area contributed by atoms with E-state index in [0.717, 1.165) is 11.4 Å². The third-order valence-electron chi connectivity index (χ3n) is 8.22. The Balaban J connectivity index is 1.89. The first-order chi connectivity index (χ1) is 19.0. The van der Waals surface area contributed by atoms with E-state index in [1.807, 2.05) is 12.1 Å². The van der Waals surface area contributed by atoms with Gasteiger partial charge in [0.25, 0.3) is 0 Å². The molecule has 0 fully saturated rings. The number of allylic oxidation sites excluding steroid dienone is 4. The van der Waals surface area contributed by atoms with Gasteiger partial charge in [0, 0.05) is 5.02 Å². The van der Waals surface area contributed by atoms with E-state index in [1.54, 1.807) is 0 Å². The number of benzene rings is 4. The first kappa shape index (κ1) is 26.6. The lowest BCUT2D eigenvalue weighted by Crippen LogP contribution is -2.29. The first-order valence-electron chi connectivity index (χ1n) is 14.3. The summed E-state index contributed by atoms with van der Waals surface area (Å²) in [6.07, 6.45) is 10.2. The molecule has 0 bridgehead atoms. The first-order valence-corrected chi connectivity index (χ1v) is 14.7. The van der Waals surface area contributed by atoms with Gasteiger partial charge < -0.3 is 0 Å². The molecule has 4 aromatic carbocycles. The van der Waals surface area contributed by atoms with Gasteiger partial charge in [-0.1, -0.05) is 132 Å². The van der Waals surface area contributed by atoms with Crippen LogP contribution in [0, 0.1) is 10.4 Å². The van der Waals surface area contributed by atoms with Gasteiger partial charge in [-0.25, -0.2) is 0 Å². The van der Waals surface area contributed by atoms with Gasteiger partial charge in [0.15, 0.2) is 0 Å². The Labute approximate surface area is 243 Å². The van der Waals surface area contributed by atoms with Crippen molar-refractivity contribution in [1.29, 1.82) is 0 Å². The fraction of sp³-hybridized carbons (Fsp3) is 0.231. The van der Waals surface area contributed by atoms with Crippen molar-refractivity contribution in [2.75, 3.05) is 0 Å². The van der Waals surface area contributed by atoms with Gasteiger partial charge in [0.05, 0.1) is 0 Å². The lowest BCUT2D eigenvalue weighted by atomic mass is 9.78. The van der Waals surface area contributed by atoms with Gasteiger partial charge in [-0.05, 0) is 107 Å². The molecule has 0 heterocycles. The second-order valence-corrected chi connectivity index (χ2v) is 13.6. The second kappa shape index (κ2) is 9.79. The lowest BCUT2D eigenvalue weighted by molar-refractivity contribution is 0.584. The van der Waals surface area contributed by atoms with Crippen LogP contribution in [0.4, 0.5) is 0 Å². The Kier molecular flexibility index (Phi) is 6.51. The smallest absolute Gasteiger partial charge is 0.0406 e. The minimum atomic E-state index is -0.0808. The Hall–Kier alpha value is -3.61. The van der Waals surface area contributed by atoms with Crippen molar-refractivity contribution in [3.05, 3.63) is 156 Å². The van der Waals surface area contributed by atoms with Gasteiger partial charge in [-0.3, -0.25) is 0 Å². The van der Waals surface area contributed by atoms with Crippen LogP contribution in [0.5, 0.6) is 0 Å². The quantitative estimate of drug-likeness (QED) is 0.214. The molecule has 0 aromatic heterocycles. The molecule has 0 radical (unpaired) electrons. The summed E-state index contributed by atoms with van der Waals surface area (Å²) < 4.78 is 0. The van der Waals surface area contributed by atoms with E-state index < -0.39 is 0 Å². The van der Waals surface area contributed by atoms with Gasteiger partial charge in [-0.15, -0.1) is 0 Å². The van der Waals surface area contributed by atoms with Crippen LogP contribution in [0.15, 0.2) is 97.1 Å². The third kappa shape index (κ3) is 4.69. The number of hydrogen-bond acceptors (Lipinski definition) is 0. The van der Waals surface area contributed by atoms with Crippen molar-refractivity contribution < 1.29 is 0 Å². The summed E-state index contributed by atoms with van der Waals surface area (Å²) in [5.74, 6) is 0. The maximum atomic E-state index is 6.39. The van der Waals surface area contributed by atoms with Crippen LogP contribution >= 0.6 is 11.6 Å². The highest BCUT2D eigenvalue weighted by Crippen LogP contribution is 2.34. The number of hydrogen-bond donors (Lipinski definition) is 0. The molecule has 0 saturated carbocycles. The van der Waals surface area contributed by atoms with E-state index in [4.69, 9.17) is 11.6 Å². The molecule has 0 nitrogen and oxygen atoms in total. The summed E-state index contributed by atoms with van der Waals surface area (Å²) >= 11 is 6.39. The monoisotopic (exact) mass is 540 g/mol. The van der Waals surface area contributed by atoms with Gasteiger partial charge in [0.2, 0.25) is 0 Å². The Bertz CT molecular complexity index is 1900. The molecule has 6 rings (SSSR count). The average molecular weight is 541 g/mol. The van der Waals surface area contributed by atoms with E-state index in [2.05, 4.69) is 133 Å². The van der Waals surface area contributed by atoms with Crippen molar-refractivity contribution in [3.63, 3.8) is 0 Å². The van der Waals surface area contributed by atoms with Crippen molar-refractivity contribution >= 4 is 28.8 Å². The molecule has 0 unspecified atom stereocenters. The van der Waals surface area contributed by atoms with E-state index in [1.165, 1.54) is 65.4 Å². The summed E-state index contributed by atoms with van der Waals surface area (Å²) in [6, 6.07) is 28.8. The molecular formula is C39H37Cl. The number of rotatable bonds is 3. The summed E-state index contributed by atoms with van der Waals surface area (Å²) in [6.45, 7) is 13.9. The molecule has 4 aromatic rings. The number of halogens is 1. The minimum Gasteiger partial charge on any atom is -0.0843 e. The molecule has 0 amide bonds. The van der Waals surface area contributed by atoms with Crippen molar-refractivity contribution in [1.82, 2.24) is 0 Å². The van der Waals surface area contributed by atoms with Crippen LogP contribution in [0.2, 0.25) is 5.02 Å². The van der Waals surface area contributed by atoms with Crippen LogP contribution in [-0.2, 0) is 10.8 Å². The molecule has 40 heavy (non-hydrogen) atoms. The lowest BCUT2D eigenvalue weighted by Gasteiger charge is -2.26. The van der Waals surface area contributed by atoms with Gasteiger partial charge >= 0.3 is 0 Å². The predicted molar refractivity (Wildman–Crippen MR) is 172 cm³/mol. The normalized spacial score (nSPS) is 14.9. The van der Waals surface area contributed by atoms with Crippen LogP contribution < -0.4 is 10.4 Å². The largest absolute Gasteiger partial charge is 0.0843 e. The highest BCUT2D eigenvalue weighted by Gasteiger charge is 2.26. The fourth-order valence-corrected chi connectivity index (χ4v) is 6.23. The summed E-state index contributed by atoms with van der Waals surface area (Å²) in [4.78, 5) is 0. The summed E-state index contributed by atoms with van der Waals surface area (Å²) in [5.41, 5.74) is 10.5. The minimum absolute atomic E-state index is 0.0808. The van der Waals surface area contributed by atoms with E-state index >= 15 is 0 Å². The zero-order chi connectivity index (χ0) is 28.2. The van der Waals surface area contributed by atoms with Crippen LogP contribution in [0.1, 0.15) is 81.3 Å². The molecule has 200 valence electrons. The van der Waals surface area contributed by atoms with Crippen molar-refractivity contribution in [3.8, 4) is 0 Å². The molecule has 0 spiro atoms. The zero-order valence-electron chi connectivity index (χ0n) is 24.4. The SMILES string of the molecule is CC(C)(C)c1ccc2c(c1)=c1cc(C(C)(C)C)c(=C(c3ccccc3)c3ccc(Cl)cc3)c(C3=CC=CC3)c1C=2. The molecule has 2 aliphatic rings. The molecule has 0 N–H and O–H groups in total. The topological polar surface area (TPSA) is 0 Å². The Morgan fingerprint density at radius 2 is 1.43 bits per heavy atom. The standard InChI is InChI=1S/C39H37Cl/c1-38(2,3)29-19-16-28-22-33-32(31(28)23-29)24-34(39(4,5)6)37(36(33)26-14-10-11-15-26)35(25-12-8-7-9-13-25)27-17-20-30(40)21-18-27/h7-14,16-24H,15H2,1-6H3. The van der Waals surface area contributed by atoms with Crippen LogP contribution in [0.25, 0.3) is 17.2 Å².